The Kier molecular flexibility index (Phi) is 7.13. The molecular formula is C28H30FNO2. The van der Waals surface area contributed by atoms with E-state index >= 15 is 0 Å². The van der Waals surface area contributed by atoms with Gasteiger partial charge in [-0.05, 0) is 60.9 Å². The highest BCUT2D eigenvalue weighted by atomic mass is 19.1. The van der Waals surface area contributed by atoms with Crippen LogP contribution in [-0.4, -0.2) is 41.5 Å². The summed E-state index contributed by atoms with van der Waals surface area (Å²) in [7, 11) is 0. The fraction of sp³-hybridized carbons (Fsp3) is 0.321. The minimum atomic E-state index is -0.263. The summed E-state index contributed by atoms with van der Waals surface area (Å²) in [6, 6.07) is 24.1. The fourth-order valence-electron chi connectivity index (χ4n) is 4.84. The number of carbonyl (C=O) groups excluding carboxylic acids is 1. The molecule has 32 heavy (non-hydrogen) atoms. The van der Waals surface area contributed by atoms with Crippen LogP contribution in [-0.2, 0) is 0 Å². The van der Waals surface area contributed by atoms with Crippen molar-refractivity contribution in [2.45, 2.75) is 25.9 Å². The summed E-state index contributed by atoms with van der Waals surface area (Å²) < 4.78 is 13.1. The number of fused-ring (bicyclic) bond motifs is 1. The number of rotatable bonds is 4. The van der Waals surface area contributed by atoms with Crippen LogP contribution in [0.1, 0.15) is 28.8 Å². The zero-order valence-corrected chi connectivity index (χ0v) is 18.5. The van der Waals surface area contributed by atoms with Gasteiger partial charge in [0.05, 0.1) is 12.6 Å². The number of nitrogens with zero attached hydrogens (tertiary/aromatic N) is 1. The molecule has 4 heteroatoms. The van der Waals surface area contributed by atoms with Crippen molar-refractivity contribution in [3.63, 3.8) is 0 Å². The molecular weight excluding hydrogens is 401 g/mol. The highest BCUT2D eigenvalue weighted by molar-refractivity contribution is 5.98. The highest BCUT2D eigenvalue weighted by Gasteiger charge is 2.40. The first-order valence-corrected chi connectivity index (χ1v) is 11.3. The summed E-state index contributed by atoms with van der Waals surface area (Å²) in [6.07, 6.45) is 1.59. The average Bonchev–Trinajstić information content (AvgIpc) is 3.32. The molecule has 5 rings (SSSR count). The van der Waals surface area contributed by atoms with Crippen molar-refractivity contribution in [1.82, 2.24) is 4.90 Å². The second-order valence-corrected chi connectivity index (χ2v) is 9.01. The van der Waals surface area contributed by atoms with Gasteiger partial charge in [-0.15, -0.1) is 0 Å². The van der Waals surface area contributed by atoms with Crippen LogP contribution in [0.15, 0.2) is 78.9 Å². The van der Waals surface area contributed by atoms with Crippen molar-refractivity contribution in [3.05, 3.63) is 95.8 Å². The first kappa shape index (κ1) is 22.4. The van der Waals surface area contributed by atoms with Crippen molar-refractivity contribution in [3.8, 4) is 11.1 Å². The monoisotopic (exact) mass is 431 g/mol. The molecule has 1 N–H and O–H groups in total. The molecule has 3 atom stereocenters. The number of benzene rings is 3. The number of ketones is 1. The standard InChI is InChI=1S/C21H22FNO2.C7H8/c22-19-6-4-14(5-7-19)15-2-1-3-16(8-15)21(25)13-23-11-17-9-20(24)10-18(17)12-23;1-7-5-3-2-4-6-7/h1-8,17-18,20,24H,9-13H2;2-6H,1H3/t17-,18+,20?;. The van der Waals surface area contributed by atoms with Gasteiger partial charge in [-0.3, -0.25) is 9.69 Å². The molecule has 1 heterocycles. The number of hydrogen-bond donors (Lipinski definition) is 1. The van der Waals surface area contributed by atoms with E-state index in [0.717, 1.165) is 37.1 Å². The predicted octanol–water partition coefficient (Wildman–Crippen LogP) is 5.37. The summed E-state index contributed by atoms with van der Waals surface area (Å²) >= 11 is 0. The van der Waals surface area contributed by atoms with E-state index in [1.807, 2.05) is 42.5 Å². The van der Waals surface area contributed by atoms with Crippen LogP contribution in [0, 0.1) is 24.6 Å². The summed E-state index contributed by atoms with van der Waals surface area (Å²) in [5.41, 5.74) is 3.84. The topological polar surface area (TPSA) is 40.5 Å². The van der Waals surface area contributed by atoms with Crippen LogP contribution in [0.5, 0.6) is 0 Å². The average molecular weight is 432 g/mol. The first-order chi connectivity index (χ1) is 15.5. The van der Waals surface area contributed by atoms with Crippen molar-refractivity contribution in [2.24, 2.45) is 11.8 Å². The summed E-state index contributed by atoms with van der Waals surface area (Å²) in [5.74, 6) is 0.923. The third-order valence-electron chi connectivity index (χ3n) is 6.47. The molecule has 1 unspecified atom stereocenters. The third kappa shape index (κ3) is 5.70. The van der Waals surface area contributed by atoms with Gasteiger partial charge in [0.1, 0.15) is 5.82 Å². The molecule has 0 amide bonds. The Hall–Kier alpha value is -2.82. The molecule has 3 nitrogen and oxygen atoms in total. The number of likely N-dealkylation sites (tertiary alicyclic amines) is 1. The Morgan fingerprint density at radius 3 is 2.16 bits per heavy atom. The normalized spacial score (nSPS) is 22.2. The number of aliphatic hydroxyl groups is 1. The first-order valence-electron chi connectivity index (χ1n) is 11.3. The Balaban J connectivity index is 0.000000300. The van der Waals surface area contributed by atoms with Crippen LogP contribution >= 0.6 is 0 Å². The molecule has 2 aliphatic rings. The molecule has 0 radical (unpaired) electrons. The smallest absolute Gasteiger partial charge is 0.176 e. The maximum Gasteiger partial charge on any atom is 0.176 e. The summed E-state index contributed by atoms with van der Waals surface area (Å²) in [4.78, 5) is 14.9. The van der Waals surface area contributed by atoms with Gasteiger partial charge in [-0.1, -0.05) is 66.2 Å². The number of carbonyl (C=O) groups is 1. The molecule has 1 aliphatic heterocycles. The number of aliphatic hydroxyl groups excluding tert-OH is 1. The van der Waals surface area contributed by atoms with Gasteiger partial charge in [0.25, 0.3) is 0 Å². The zero-order chi connectivity index (χ0) is 22.5. The van der Waals surface area contributed by atoms with E-state index < -0.39 is 0 Å². The van der Waals surface area contributed by atoms with Crippen LogP contribution < -0.4 is 0 Å². The van der Waals surface area contributed by atoms with Gasteiger partial charge in [-0.25, -0.2) is 4.39 Å². The van der Waals surface area contributed by atoms with E-state index in [1.165, 1.54) is 17.7 Å². The van der Waals surface area contributed by atoms with Crippen molar-refractivity contribution in [1.29, 1.82) is 0 Å². The number of Topliss-reactive ketones (excluding diaryl/α,β-unsaturated/α-hetero) is 1. The number of halogens is 1. The van der Waals surface area contributed by atoms with E-state index in [9.17, 15) is 14.3 Å². The third-order valence-corrected chi connectivity index (χ3v) is 6.47. The molecule has 0 spiro atoms. The molecule has 3 aromatic carbocycles. The van der Waals surface area contributed by atoms with E-state index in [-0.39, 0.29) is 17.7 Å². The Morgan fingerprint density at radius 2 is 1.56 bits per heavy atom. The Bertz CT molecular complexity index is 1020. The predicted molar refractivity (Wildman–Crippen MR) is 126 cm³/mol. The van der Waals surface area contributed by atoms with Gasteiger partial charge in [0, 0.05) is 18.7 Å². The van der Waals surface area contributed by atoms with E-state index in [4.69, 9.17) is 0 Å². The second-order valence-electron chi connectivity index (χ2n) is 9.01. The maximum atomic E-state index is 13.1. The quantitative estimate of drug-likeness (QED) is 0.565. The van der Waals surface area contributed by atoms with Crippen molar-refractivity contribution >= 4 is 5.78 Å². The molecule has 3 aromatic rings. The Morgan fingerprint density at radius 1 is 0.906 bits per heavy atom. The largest absolute Gasteiger partial charge is 0.393 e. The number of hydrogen-bond acceptors (Lipinski definition) is 3. The summed E-state index contributed by atoms with van der Waals surface area (Å²) in [6.45, 7) is 4.33. The van der Waals surface area contributed by atoms with Gasteiger partial charge in [-0.2, -0.15) is 0 Å². The lowest BCUT2D eigenvalue weighted by molar-refractivity contribution is 0.0935. The molecule has 1 saturated carbocycles. The molecule has 1 aliphatic carbocycles. The van der Waals surface area contributed by atoms with Gasteiger partial charge in [0.15, 0.2) is 5.78 Å². The molecule has 2 fully saturated rings. The van der Waals surface area contributed by atoms with E-state index in [1.54, 1.807) is 12.1 Å². The maximum absolute atomic E-state index is 13.1. The molecule has 1 saturated heterocycles. The molecule has 166 valence electrons. The SMILES string of the molecule is Cc1ccccc1.O=C(CN1C[C@H]2CC(O)C[C@H]2C1)c1cccc(-c2ccc(F)cc2)c1. The van der Waals surface area contributed by atoms with Crippen molar-refractivity contribution in [2.75, 3.05) is 19.6 Å². The van der Waals surface area contributed by atoms with Gasteiger partial charge in [0.2, 0.25) is 0 Å². The highest BCUT2D eigenvalue weighted by Crippen LogP contribution is 2.38. The van der Waals surface area contributed by atoms with Gasteiger partial charge < -0.3 is 5.11 Å². The molecule has 0 bridgehead atoms. The van der Waals surface area contributed by atoms with Crippen LogP contribution in [0.3, 0.4) is 0 Å². The van der Waals surface area contributed by atoms with Gasteiger partial charge >= 0.3 is 0 Å². The lowest BCUT2D eigenvalue weighted by Crippen LogP contribution is -2.29. The van der Waals surface area contributed by atoms with Crippen LogP contribution in [0.4, 0.5) is 4.39 Å². The van der Waals surface area contributed by atoms with Crippen LogP contribution in [0.25, 0.3) is 11.1 Å². The Labute approximate surface area is 189 Å². The molecule has 0 aromatic heterocycles. The minimum Gasteiger partial charge on any atom is -0.393 e. The summed E-state index contributed by atoms with van der Waals surface area (Å²) in [5, 5.41) is 9.73. The minimum absolute atomic E-state index is 0.115. The lowest BCUT2D eigenvalue weighted by atomic mass is 10.0. The second kappa shape index (κ2) is 10.2. The number of aryl methyl sites for hydroxylation is 1. The van der Waals surface area contributed by atoms with Crippen molar-refractivity contribution < 1.29 is 14.3 Å². The van der Waals surface area contributed by atoms with E-state index in [0.29, 0.717) is 23.9 Å². The van der Waals surface area contributed by atoms with Crippen LogP contribution in [0.2, 0.25) is 0 Å². The lowest BCUT2D eigenvalue weighted by Gasteiger charge is -2.17. The fourth-order valence-corrected chi connectivity index (χ4v) is 4.84. The zero-order valence-electron chi connectivity index (χ0n) is 18.5. The van der Waals surface area contributed by atoms with E-state index in [2.05, 4.69) is 24.0 Å².